The van der Waals surface area contributed by atoms with E-state index >= 15 is 0 Å². The molecule has 0 bridgehead atoms. The molecule has 7 nitrogen and oxygen atoms in total. The SMILES string of the molecule is CC(C)CC(NC(=O)Nc1ccc(Br)cc1)C(=O)NC(C(=O)OC(C)(C)C)c1ccccc1. The Labute approximate surface area is 203 Å². The second-order valence-electron chi connectivity index (χ2n) is 9.17. The number of anilines is 1. The van der Waals surface area contributed by atoms with Crippen LogP contribution in [0.1, 0.15) is 52.6 Å². The van der Waals surface area contributed by atoms with E-state index in [0.29, 0.717) is 17.7 Å². The van der Waals surface area contributed by atoms with Gasteiger partial charge in [0.1, 0.15) is 11.6 Å². The summed E-state index contributed by atoms with van der Waals surface area (Å²) in [7, 11) is 0. The van der Waals surface area contributed by atoms with Crippen LogP contribution in [0.2, 0.25) is 0 Å². The van der Waals surface area contributed by atoms with Crippen LogP contribution in [0.4, 0.5) is 10.5 Å². The lowest BCUT2D eigenvalue weighted by atomic mass is 10.0. The molecule has 0 saturated carbocycles. The Morgan fingerprint density at radius 3 is 2.09 bits per heavy atom. The summed E-state index contributed by atoms with van der Waals surface area (Å²) in [5.41, 5.74) is 0.479. The molecule has 2 rings (SSSR count). The molecule has 3 N–H and O–H groups in total. The van der Waals surface area contributed by atoms with Gasteiger partial charge in [0.05, 0.1) is 0 Å². The molecule has 0 heterocycles. The summed E-state index contributed by atoms with van der Waals surface area (Å²) in [6, 6.07) is 13.7. The van der Waals surface area contributed by atoms with Gasteiger partial charge in [-0.05, 0) is 62.9 Å². The number of hydrogen-bond acceptors (Lipinski definition) is 4. The van der Waals surface area contributed by atoms with E-state index < -0.39 is 35.6 Å². The van der Waals surface area contributed by atoms with Gasteiger partial charge in [0.2, 0.25) is 5.91 Å². The molecule has 0 aliphatic heterocycles. The van der Waals surface area contributed by atoms with E-state index in [4.69, 9.17) is 4.74 Å². The summed E-state index contributed by atoms with van der Waals surface area (Å²) >= 11 is 3.35. The Morgan fingerprint density at radius 1 is 0.939 bits per heavy atom. The molecule has 2 aromatic rings. The average molecular weight is 518 g/mol. The molecular weight excluding hydrogens is 486 g/mol. The van der Waals surface area contributed by atoms with Gasteiger partial charge in [-0.2, -0.15) is 0 Å². The second kappa shape index (κ2) is 11.8. The van der Waals surface area contributed by atoms with Crippen LogP contribution in [-0.2, 0) is 14.3 Å². The van der Waals surface area contributed by atoms with Gasteiger partial charge in [-0.1, -0.05) is 60.1 Å². The molecule has 2 aromatic carbocycles. The van der Waals surface area contributed by atoms with Crippen molar-refractivity contribution < 1.29 is 19.1 Å². The predicted molar refractivity (Wildman–Crippen MR) is 133 cm³/mol. The lowest BCUT2D eigenvalue weighted by Crippen LogP contribution is -2.51. The van der Waals surface area contributed by atoms with Crippen LogP contribution in [-0.4, -0.2) is 29.6 Å². The highest BCUT2D eigenvalue weighted by atomic mass is 79.9. The second-order valence-corrected chi connectivity index (χ2v) is 10.1. The van der Waals surface area contributed by atoms with Crippen LogP contribution in [0, 0.1) is 5.92 Å². The maximum Gasteiger partial charge on any atom is 0.333 e. The summed E-state index contributed by atoms with van der Waals surface area (Å²) < 4.78 is 6.42. The Morgan fingerprint density at radius 2 is 1.55 bits per heavy atom. The van der Waals surface area contributed by atoms with Gasteiger partial charge >= 0.3 is 12.0 Å². The fourth-order valence-corrected chi connectivity index (χ4v) is 3.35. The van der Waals surface area contributed by atoms with Crippen molar-refractivity contribution in [2.24, 2.45) is 5.92 Å². The molecule has 33 heavy (non-hydrogen) atoms. The van der Waals surface area contributed by atoms with E-state index in [0.717, 1.165) is 4.47 Å². The molecule has 0 fully saturated rings. The van der Waals surface area contributed by atoms with E-state index in [9.17, 15) is 14.4 Å². The number of carbonyl (C=O) groups is 3. The Hall–Kier alpha value is -2.87. The van der Waals surface area contributed by atoms with E-state index in [-0.39, 0.29) is 5.92 Å². The zero-order valence-electron chi connectivity index (χ0n) is 19.6. The van der Waals surface area contributed by atoms with Crippen molar-refractivity contribution >= 4 is 39.5 Å². The zero-order valence-corrected chi connectivity index (χ0v) is 21.2. The number of urea groups is 1. The average Bonchev–Trinajstić information content (AvgIpc) is 2.72. The zero-order chi connectivity index (χ0) is 24.6. The fraction of sp³-hybridized carbons (Fsp3) is 0.400. The number of hydrogen-bond donors (Lipinski definition) is 3. The number of rotatable bonds is 8. The first-order valence-electron chi connectivity index (χ1n) is 10.9. The minimum absolute atomic E-state index is 0.130. The molecule has 8 heteroatoms. The minimum atomic E-state index is -0.996. The molecule has 0 aliphatic rings. The largest absolute Gasteiger partial charge is 0.458 e. The maximum atomic E-state index is 13.2. The molecule has 3 amide bonds. The van der Waals surface area contributed by atoms with Gasteiger partial charge in [-0.3, -0.25) is 4.79 Å². The van der Waals surface area contributed by atoms with Gasteiger partial charge in [-0.25, -0.2) is 9.59 Å². The van der Waals surface area contributed by atoms with E-state index in [1.165, 1.54) is 0 Å². The number of ether oxygens (including phenoxy) is 1. The molecule has 178 valence electrons. The number of nitrogens with one attached hydrogen (secondary N) is 3. The number of esters is 1. The third-order valence-electron chi connectivity index (χ3n) is 4.49. The summed E-state index contributed by atoms with van der Waals surface area (Å²) in [6.45, 7) is 9.22. The van der Waals surface area contributed by atoms with Gasteiger partial charge in [0.25, 0.3) is 0 Å². The van der Waals surface area contributed by atoms with Crippen LogP contribution in [0.25, 0.3) is 0 Å². The topological polar surface area (TPSA) is 96.5 Å². The smallest absolute Gasteiger partial charge is 0.333 e. The third kappa shape index (κ3) is 9.26. The van der Waals surface area contributed by atoms with E-state index in [2.05, 4.69) is 31.9 Å². The standard InChI is InChI=1S/C25H32BrN3O4/c1-16(2)15-20(28-24(32)27-19-13-11-18(26)12-14-19)22(30)29-21(17-9-7-6-8-10-17)23(31)33-25(3,4)5/h6-14,16,20-21H,15H2,1-5H3,(H,29,30)(H2,27,28,32). The number of benzene rings is 2. The van der Waals surface area contributed by atoms with Gasteiger partial charge in [0.15, 0.2) is 6.04 Å². The molecule has 0 spiro atoms. The molecule has 0 aromatic heterocycles. The predicted octanol–water partition coefficient (Wildman–Crippen LogP) is 5.18. The van der Waals surface area contributed by atoms with E-state index in [1.807, 2.05) is 19.9 Å². The van der Waals surface area contributed by atoms with Gasteiger partial charge < -0.3 is 20.7 Å². The van der Waals surface area contributed by atoms with Crippen molar-refractivity contribution in [3.63, 3.8) is 0 Å². The van der Waals surface area contributed by atoms with Crippen molar-refractivity contribution in [2.45, 2.75) is 58.7 Å². The monoisotopic (exact) mass is 517 g/mol. The molecule has 0 aliphatic carbocycles. The Kier molecular flexibility index (Phi) is 9.46. The lowest BCUT2D eigenvalue weighted by Gasteiger charge is -2.27. The highest BCUT2D eigenvalue weighted by molar-refractivity contribution is 9.10. The highest BCUT2D eigenvalue weighted by Crippen LogP contribution is 2.20. The summed E-state index contributed by atoms with van der Waals surface area (Å²) in [4.78, 5) is 38.7. The molecule has 0 radical (unpaired) electrons. The van der Waals surface area contributed by atoms with Crippen molar-refractivity contribution in [1.82, 2.24) is 10.6 Å². The lowest BCUT2D eigenvalue weighted by molar-refractivity contribution is -0.159. The van der Waals surface area contributed by atoms with Crippen molar-refractivity contribution in [3.8, 4) is 0 Å². The van der Waals surface area contributed by atoms with Gasteiger partial charge in [-0.15, -0.1) is 0 Å². The first-order chi connectivity index (χ1) is 15.4. The molecule has 2 atom stereocenters. The van der Waals surface area contributed by atoms with Crippen molar-refractivity contribution in [1.29, 1.82) is 0 Å². The van der Waals surface area contributed by atoms with Crippen LogP contribution in [0.5, 0.6) is 0 Å². The number of halogens is 1. The van der Waals surface area contributed by atoms with Crippen LogP contribution < -0.4 is 16.0 Å². The Balaban J connectivity index is 2.17. The quantitative estimate of drug-likeness (QED) is 0.420. The Bertz CT molecular complexity index is 940. The number of carbonyl (C=O) groups excluding carboxylic acids is 3. The fourth-order valence-electron chi connectivity index (χ4n) is 3.09. The molecule has 2 unspecified atom stereocenters. The first kappa shape index (κ1) is 26.4. The van der Waals surface area contributed by atoms with Crippen molar-refractivity contribution in [3.05, 3.63) is 64.6 Å². The summed E-state index contributed by atoms with van der Waals surface area (Å²) in [5.74, 6) is -0.899. The van der Waals surface area contributed by atoms with Crippen LogP contribution in [0.3, 0.4) is 0 Å². The van der Waals surface area contributed by atoms with Crippen LogP contribution >= 0.6 is 15.9 Å². The minimum Gasteiger partial charge on any atom is -0.458 e. The van der Waals surface area contributed by atoms with E-state index in [1.54, 1.807) is 69.3 Å². The molecular formula is C25H32BrN3O4. The number of amides is 3. The summed E-state index contributed by atoms with van der Waals surface area (Å²) in [6.07, 6.45) is 0.398. The first-order valence-corrected chi connectivity index (χ1v) is 11.6. The third-order valence-corrected chi connectivity index (χ3v) is 5.02. The molecule has 0 saturated heterocycles. The maximum absolute atomic E-state index is 13.2. The normalized spacial score (nSPS) is 13.1. The van der Waals surface area contributed by atoms with Crippen molar-refractivity contribution in [2.75, 3.05) is 5.32 Å². The van der Waals surface area contributed by atoms with Gasteiger partial charge in [0, 0.05) is 10.2 Å². The van der Waals surface area contributed by atoms with Crippen LogP contribution in [0.15, 0.2) is 59.1 Å². The highest BCUT2D eigenvalue weighted by Gasteiger charge is 2.31. The summed E-state index contributed by atoms with van der Waals surface area (Å²) in [5, 5.41) is 8.23.